The number of nitrogens with zero attached hydrogens (tertiary/aromatic N) is 2. The predicted molar refractivity (Wildman–Crippen MR) is 136 cm³/mol. The Morgan fingerprint density at radius 1 is 0.433 bits per heavy atom. The monoisotopic (exact) mass is 420 g/mol. The second kappa shape index (κ2) is 20.3. The highest BCUT2D eigenvalue weighted by Crippen LogP contribution is 2.19. The Morgan fingerprint density at radius 2 is 0.700 bits per heavy atom. The molecule has 178 valence electrons. The van der Waals surface area contributed by atoms with Gasteiger partial charge in [0, 0.05) is 25.5 Å². The molecule has 1 aliphatic rings. The first-order valence-electron chi connectivity index (χ1n) is 14.0. The first-order chi connectivity index (χ1) is 14.8. The van der Waals surface area contributed by atoms with Crippen LogP contribution in [0.5, 0.6) is 0 Å². The molecule has 0 saturated carbocycles. The highest BCUT2D eigenvalue weighted by Gasteiger charge is 2.20. The molecular weight excluding hydrogens is 364 g/mol. The van der Waals surface area contributed by atoms with Gasteiger partial charge in [-0.2, -0.15) is 0 Å². The van der Waals surface area contributed by atoms with Gasteiger partial charge in [0.25, 0.3) is 0 Å². The molecule has 0 aliphatic carbocycles. The number of unbranched alkanes of at least 4 members (excludes halogenated alkanes) is 18. The quantitative estimate of drug-likeness (QED) is 0.161. The molecular formula is C28H56N2. The van der Waals surface area contributed by atoms with Crippen LogP contribution in [0.4, 0.5) is 0 Å². The number of hydrogen-bond acceptors (Lipinski definition) is 2. The molecule has 1 aliphatic heterocycles. The maximum atomic E-state index is 2.56. The third-order valence-electron chi connectivity index (χ3n) is 6.95. The first-order valence-corrected chi connectivity index (χ1v) is 14.0. The Hall–Kier alpha value is -0.660. The van der Waals surface area contributed by atoms with E-state index >= 15 is 0 Å². The van der Waals surface area contributed by atoms with Crippen LogP contribution in [0.3, 0.4) is 0 Å². The van der Waals surface area contributed by atoms with Gasteiger partial charge in [0.2, 0.25) is 0 Å². The second-order valence-corrected chi connectivity index (χ2v) is 9.77. The standard InChI is InChI=1S/C28H56N2/c1-4-6-8-10-12-14-15-16-17-19-21-23-25-30-27-26-29(28(30)3)24-22-20-18-13-11-9-7-5-2/h26-28H,4-25H2,1-3H3. The third kappa shape index (κ3) is 14.4. The van der Waals surface area contributed by atoms with E-state index in [0.717, 1.165) is 0 Å². The van der Waals surface area contributed by atoms with Gasteiger partial charge in [0.05, 0.1) is 6.17 Å². The minimum atomic E-state index is 0.572. The van der Waals surface area contributed by atoms with Gasteiger partial charge in [-0.25, -0.2) is 0 Å². The first kappa shape index (κ1) is 27.4. The van der Waals surface area contributed by atoms with E-state index in [0.29, 0.717) is 6.17 Å². The molecule has 1 rings (SSSR count). The Labute approximate surface area is 190 Å². The van der Waals surface area contributed by atoms with Gasteiger partial charge in [-0.15, -0.1) is 0 Å². The molecule has 1 unspecified atom stereocenters. The molecule has 0 bridgehead atoms. The smallest absolute Gasteiger partial charge is 0.0977 e. The SMILES string of the molecule is CCCCCCCCCCCCCCN1C=CN(CCCCCCCCCC)C1C. The maximum Gasteiger partial charge on any atom is 0.0977 e. The largest absolute Gasteiger partial charge is 0.356 e. The minimum absolute atomic E-state index is 0.572. The fourth-order valence-corrected chi connectivity index (χ4v) is 4.70. The molecule has 0 aromatic heterocycles. The van der Waals surface area contributed by atoms with Gasteiger partial charge < -0.3 is 9.80 Å². The van der Waals surface area contributed by atoms with E-state index in [1.54, 1.807) is 0 Å². The van der Waals surface area contributed by atoms with Crippen molar-refractivity contribution in [2.45, 2.75) is 155 Å². The van der Waals surface area contributed by atoms with E-state index < -0.39 is 0 Å². The molecule has 2 nitrogen and oxygen atoms in total. The van der Waals surface area contributed by atoms with Gasteiger partial charge in [-0.1, -0.05) is 129 Å². The molecule has 0 amide bonds. The zero-order valence-corrected chi connectivity index (χ0v) is 21.2. The number of rotatable bonds is 22. The van der Waals surface area contributed by atoms with Crippen molar-refractivity contribution >= 4 is 0 Å². The van der Waals surface area contributed by atoms with E-state index in [9.17, 15) is 0 Å². The van der Waals surface area contributed by atoms with Crippen LogP contribution in [0.25, 0.3) is 0 Å². The highest BCUT2D eigenvalue weighted by molar-refractivity contribution is 4.95. The van der Waals surface area contributed by atoms with Crippen molar-refractivity contribution in [3.63, 3.8) is 0 Å². The molecule has 0 radical (unpaired) electrons. The van der Waals surface area contributed by atoms with Crippen molar-refractivity contribution in [1.29, 1.82) is 0 Å². The fourth-order valence-electron chi connectivity index (χ4n) is 4.70. The van der Waals surface area contributed by atoms with Crippen molar-refractivity contribution in [2.75, 3.05) is 13.1 Å². The molecule has 0 fully saturated rings. The summed E-state index contributed by atoms with van der Waals surface area (Å²) < 4.78 is 0. The van der Waals surface area contributed by atoms with E-state index in [-0.39, 0.29) is 0 Å². The highest BCUT2D eigenvalue weighted by atomic mass is 15.4. The lowest BCUT2D eigenvalue weighted by molar-refractivity contribution is 0.165. The van der Waals surface area contributed by atoms with E-state index in [2.05, 4.69) is 43.0 Å². The van der Waals surface area contributed by atoms with Crippen LogP contribution >= 0.6 is 0 Å². The molecule has 0 spiro atoms. The lowest BCUT2D eigenvalue weighted by Crippen LogP contribution is -2.36. The lowest BCUT2D eigenvalue weighted by Gasteiger charge is -2.30. The molecule has 0 aromatic rings. The van der Waals surface area contributed by atoms with Crippen molar-refractivity contribution in [2.24, 2.45) is 0 Å². The van der Waals surface area contributed by atoms with Crippen LogP contribution in [0.2, 0.25) is 0 Å². The summed E-state index contributed by atoms with van der Waals surface area (Å²) in [6.45, 7) is 9.45. The van der Waals surface area contributed by atoms with E-state index in [1.807, 2.05) is 0 Å². The fraction of sp³-hybridized carbons (Fsp3) is 0.929. The average Bonchev–Trinajstić information content (AvgIpc) is 3.10. The molecule has 30 heavy (non-hydrogen) atoms. The summed E-state index contributed by atoms with van der Waals surface area (Å²) in [5.74, 6) is 0. The van der Waals surface area contributed by atoms with Gasteiger partial charge in [-0.05, 0) is 19.8 Å². The summed E-state index contributed by atoms with van der Waals surface area (Å²) in [5, 5.41) is 0. The van der Waals surface area contributed by atoms with Gasteiger partial charge >= 0.3 is 0 Å². The van der Waals surface area contributed by atoms with Crippen LogP contribution in [0, 0.1) is 0 Å². The van der Waals surface area contributed by atoms with Gasteiger partial charge in [0.15, 0.2) is 0 Å². The Morgan fingerprint density at radius 3 is 1.00 bits per heavy atom. The molecule has 0 N–H and O–H groups in total. The molecule has 0 saturated heterocycles. The summed E-state index contributed by atoms with van der Waals surface area (Å²) in [6.07, 6.45) is 33.8. The van der Waals surface area contributed by atoms with Crippen molar-refractivity contribution in [3.8, 4) is 0 Å². The maximum absolute atomic E-state index is 2.56. The third-order valence-corrected chi connectivity index (χ3v) is 6.95. The Kier molecular flexibility index (Phi) is 18.5. The van der Waals surface area contributed by atoms with Gasteiger partial charge in [0.1, 0.15) is 0 Å². The van der Waals surface area contributed by atoms with Crippen LogP contribution in [0.15, 0.2) is 12.4 Å². The van der Waals surface area contributed by atoms with Gasteiger partial charge in [-0.3, -0.25) is 0 Å². The zero-order chi connectivity index (χ0) is 21.7. The van der Waals surface area contributed by atoms with Crippen LogP contribution < -0.4 is 0 Å². The van der Waals surface area contributed by atoms with E-state index in [1.165, 1.54) is 142 Å². The summed E-state index contributed by atoms with van der Waals surface area (Å²) in [7, 11) is 0. The lowest BCUT2D eigenvalue weighted by atomic mass is 10.1. The second-order valence-electron chi connectivity index (χ2n) is 9.77. The van der Waals surface area contributed by atoms with Crippen molar-refractivity contribution in [3.05, 3.63) is 12.4 Å². The normalized spacial score (nSPS) is 16.2. The molecule has 1 atom stereocenters. The van der Waals surface area contributed by atoms with Crippen molar-refractivity contribution in [1.82, 2.24) is 9.80 Å². The summed E-state index contributed by atoms with van der Waals surface area (Å²) >= 11 is 0. The van der Waals surface area contributed by atoms with Crippen molar-refractivity contribution < 1.29 is 0 Å². The Bertz CT molecular complexity index is 379. The van der Waals surface area contributed by atoms with Crippen LogP contribution in [-0.2, 0) is 0 Å². The predicted octanol–water partition coefficient (Wildman–Crippen LogP) is 9.26. The topological polar surface area (TPSA) is 6.48 Å². The van der Waals surface area contributed by atoms with E-state index in [4.69, 9.17) is 0 Å². The summed E-state index contributed by atoms with van der Waals surface area (Å²) in [5.41, 5.74) is 0. The summed E-state index contributed by atoms with van der Waals surface area (Å²) in [6, 6.07) is 0. The zero-order valence-electron chi connectivity index (χ0n) is 21.2. The molecule has 0 aromatic carbocycles. The summed E-state index contributed by atoms with van der Waals surface area (Å²) in [4.78, 5) is 5.11. The Balaban J connectivity index is 1.88. The molecule has 1 heterocycles. The number of hydrogen-bond donors (Lipinski definition) is 0. The van der Waals surface area contributed by atoms with Crippen LogP contribution in [0.1, 0.15) is 149 Å². The minimum Gasteiger partial charge on any atom is -0.356 e. The molecule has 2 heteroatoms. The average molecular weight is 421 g/mol. The van der Waals surface area contributed by atoms with Crippen LogP contribution in [-0.4, -0.2) is 29.1 Å².